The van der Waals surface area contributed by atoms with Crippen molar-refractivity contribution in [2.75, 3.05) is 13.8 Å². The van der Waals surface area contributed by atoms with E-state index in [0.29, 0.717) is 18.4 Å². The number of carboxylic acids is 1. The third-order valence-electron chi connectivity index (χ3n) is 6.36. The first-order valence-corrected chi connectivity index (χ1v) is 12.5. The van der Waals surface area contributed by atoms with Crippen molar-refractivity contribution in [1.29, 1.82) is 0 Å². The fraction of sp³-hybridized carbons (Fsp3) is 0.690. The second-order valence-electron chi connectivity index (χ2n) is 13.5. The molecular weight excluding hydrogens is 458 g/mol. The summed E-state index contributed by atoms with van der Waals surface area (Å²) in [6, 6.07) is 9.00. The molecule has 204 valence electrons. The van der Waals surface area contributed by atoms with Gasteiger partial charge in [-0.2, -0.15) is 0 Å². The Morgan fingerprint density at radius 2 is 1.22 bits per heavy atom. The molecule has 0 saturated carbocycles. The van der Waals surface area contributed by atoms with Crippen LogP contribution in [0.15, 0.2) is 30.3 Å². The van der Waals surface area contributed by atoms with E-state index in [2.05, 4.69) is 5.48 Å². The number of hydrogen-bond acceptors (Lipinski definition) is 6. The third kappa shape index (κ3) is 9.32. The van der Waals surface area contributed by atoms with E-state index >= 15 is 0 Å². The van der Waals surface area contributed by atoms with Gasteiger partial charge in [0.1, 0.15) is 6.73 Å². The van der Waals surface area contributed by atoms with Gasteiger partial charge in [0, 0.05) is 18.1 Å². The number of nitrogens with one attached hydrogen (secondary N) is 1. The molecule has 0 heterocycles. The minimum atomic E-state index is -1.37. The van der Waals surface area contributed by atoms with Crippen LogP contribution in [-0.2, 0) is 19.2 Å². The summed E-state index contributed by atoms with van der Waals surface area (Å²) >= 11 is 0. The van der Waals surface area contributed by atoms with E-state index in [0.717, 1.165) is 0 Å². The molecule has 0 bridgehead atoms. The summed E-state index contributed by atoms with van der Waals surface area (Å²) in [6.07, 6.45) is 0.992. The minimum absolute atomic E-state index is 0.0158. The molecule has 0 amide bonds. The van der Waals surface area contributed by atoms with Crippen molar-refractivity contribution in [3.63, 3.8) is 0 Å². The molecule has 0 fully saturated rings. The summed E-state index contributed by atoms with van der Waals surface area (Å²) < 4.78 is 4.91. The molecule has 1 aromatic rings. The Labute approximate surface area is 217 Å². The SMILES string of the molecule is COCNOC(=O)C(C)(CC(C)(C)C)CC(C)(CC(C)(CC(C)(C)C)C(=O)c1ccccc1)C(=O)O. The van der Waals surface area contributed by atoms with Crippen LogP contribution in [-0.4, -0.2) is 36.7 Å². The van der Waals surface area contributed by atoms with Crippen molar-refractivity contribution >= 4 is 17.7 Å². The maximum Gasteiger partial charge on any atom is 0.330 e. The molecule has 7 heteroatoms. The van der Waals surface area contributed by atoms with Gasteiger partial charge in [0.05, 0.1) is 10.8 Å². The maximum atomic E-state index is 13.8. The summed E-state index contributed by atoms with van der Waals surface area (Å²) in [5.74, 6) is -1.68. The number of Topliss-reactive ketones (excluding diaryl/α,β-unsaturated/α-hetero) is 1. The van der Waals surface area contributed by atoms with Gasteiger partial charge in [-0.1, -0.05) is 78.8 Å². The molecule has 0 spiro atoms. The van der Waals surface area contributed by atoms with Gasteiger partial charge in [-0.25, -0.2) is 4.79 Å². The number of aliphatic carboxylic acids is 1. The standard InChI is InChI=1S/C29H47NO6/c1-25(2,3)16-27(7,22(31)21-14-12-11-13-15-21)18-28(8,23(32)33)19-29(9,17-26(4,5)6)24(34)36-30-20-35-10/h11-15,30H,16-20H2,1-10H3,(H,32,33). The molecule has 1 aromatic carbocycles. The van der Waals surface area contributed by atoms with Crippen LogP contribution in [0.4, 0.5) is 0 Å². The van der Waals surface area contributed by atoms with Crippen molar-refractivity contribution < 1.29 is 29.1 Å². The topological polar surface area (TPSA) is 102 Å². The van der Waals surface area contributed by atoms with Crippen molar-refractivity contribution in [2.24, 2.45) is 27.1 Å². The number of rotatable bonds is 13. The molecule has 0 saturated heterocycles. The minimum Gasteiger partial charge on any atom is -0.481 e. The number of carboxylic acid groups (broad SMARTS) is 1. The molecule has 0 aromatic heterocycles. The summed E-state index contributed by atoms with van der Waals surface area (Å²) in [7, 11) is 1.47. The third-order valence-corrected chi connectivity index (χ3v) is 6.36. The van der Waals surface area contributed by atoms with Gasteiger partial charge in [0.25, 0.3) is 0 Å². The van der Waals surface area contributed by atoms with Gasteiger partial charge in [-0.15, -0.1) is 5.48 Å². The first-order valence-electron chi connectivity index (χ1n) is 12.5. The number of ether oxygens (including phenoxy) is 1. The van der Waals surface area contributed by atoms with E-state index < -0.39 is 28.2 Å². The Hall–Kier alpha value is -2.25. The molecule has 3 atom stereocenters. The average Bonchev–Trinajstić information content (AvgIpc) is 2.70. The summed E-state index contributed by atoms with van der Waals surface area (Å²) in [6.45, 7) is 17.4. The molecule has 3 unspecified atom stereocenters. The van der Waals surface area contributed by atoms with E-state index in [4.69, 9.17) is 9.57 Å². The second kappa shape index (κ2) is 11.9. The zero-order valence-corrected chi connectivity index (χ0v) is 23.9. The predicted molar refractivity (Wildman–Crippen MR) is 141 cm³/mol. The van der Waals surface area contributed by atoms with Gasteiger partial charge in [0.2, 0.25) is 0 Å². The van der Waals surface area contributed by atoms with Crippen LogP contribution in [0.2, 0.25) is 0 Å². The molecule has 0 aliphatic rings. The van der Waals surface area contributed by atoms with Gasteiger partial charge in [0.15, 0.2) is 5.78 Å². The Balaban J connectivity index is 3.52. The van der Waals surface area contributed by atoms with Gasteiger partial charge in [-0.05, 0) is 50.4 Å². The van der Waals surface area contributed by atoms with Crippen LogP contribution in [0.1, 0.15) is 98.4 Å². The smallest absolute Gasteiger partial charge is 0.330 e. The number of benzene rings is 1. The maximum absolute atomic E-state index is 13.8. The highest BCUT2D eigenvalue weighted by atomic mass is 16.7. The van der Waals surface area contributed by atoms with Gasteiger partial charge in [-0.3, -0.25) is 9.59 Å². The molecule has 0 aliphatic heterocycles. The van der Waals surface area contributed by atoms with Crippen molar-refractivity contribution in [2.45, 2.75) is 88.0 Å². The zero-order valence-electron chi connectivity index (χ0n) is 23.9. The molecular formula is C29H47NO6. The highest BCUT2D eigenvalue weighted by molar-refractivity contribution is 6.00. The number of methoxy groups -OCH3 is 1. The van der Waals surface area contributed by atoms with Gasteiger partial charge < -0.3 is 14.7 Å². The van der Waals surface area contributed by atoms with Crippen LogP contribution in [0, 0.1) is 27.1 Å². The number of hydroxylamine groups is 1. The second-order valence-corrected chi connectivity index (χ2v) is 13.5. The lowest BCUT2D eigenvalue weighted by molar-refractivity contribution is -0.173. The lowest BCUT2D eigenvalue weighted by Crippen LogP contribution is -2.46. The van der Waals surface area contributed by atoms with E-state index in [1.807, 2.05) is 66.7 Å². The Kier molecular flexibility index (Phi) is 10.5. The first kappa shape index (κ1) is 31.8. The van der Waals surface area contributed by atoms with E-state index in [1.54, 1.807) is 26.0 Å². The molecule has 0 radical (unpaired) electrons. The number of carbonyl (C=O) groups is 3. The van der Waals surface area contributed by atoms with Crippen molar-refractivity contribution in [3.8, 4) is 0 Å². The molecule has 2 N–H and O–H groups in total. The number of carbonyl (C=O) groups excluding carboxylic acids is 2. The van der Waals surface area contributed by atoms with Crippen LogP contribution in [0.25, 0.3) is 0 Å². The van der Waals surface area contributed by atoms with Crippen LogP contribution in [0.3, 0.4) is 0 Å². The zero-order chi connectivity index (χ0) is 28.0. The molecule has 0 aliphatic carbocycles. The Morgan fingerprint density at radius 1 is 0.750 bits per heavy atom. The van der Waals surface area contributed by atoms with Crippen LogP contribution < -0.4 is 5.48 Å². The Morgan fingerprint density at radius 3 is 1.67 bits per heavy atom. The summed E-state index contributed by atoms with van der Waals surface area (Å²) in [5, 5.41) is 10.5. The van der Waals surface area contributed by atoms with Crippen molar-refractivity contribution in [3.05, 3.63) is 35.9 Å². The number of hydrogen-bond donors (Lipinski definition) is 2. The first-order chi connectivity index (χ1) is 16.3. The van der Waals surface area contributed by atoms with E-state index in [1.165, 1.54) is 7.11 Å². The Bertz CT molecular complexity index is 901. The van der Waals surface area contributed by atoms with Gasteiger partial charge >= 0.3 is 11.9 Å². The monoisotopic (exact) mass is 505 g/mol. The van der Waals surface area contributed by atoms with Crippen LogP contribution >= 0.6 is 0 Å². The van der Waals surface area contributed by atoms with E-state index in [9.17, 15) is 19.5 Å². The summed E-state index contributed by atoms with van der Waals surface area (Å²) in [4.78, 5) is 45.2. The van der Waals surface area contributed by atoms with Crippen molar-refractivity contribution in [1.82, 2.24) is 5.48 Å². The van der Waals surface area contributed by atoms with Crippen LogP contribution in [0.5, 0.6) is 0 Å². The fourth-order valence-corrected chi connectivity index (χ4v) is 5.92. The molecule has 1 rings (SSSR count). The molecule has 7 nitrogen and oxygen atoms in total. The predicted octanol–water partition coefficient (Wildman–Crippen LogP) is 6.28. The molecule has 36 heavy (non-hydrogen) atoms. The highest BCUT2D eigenvalue weighted by Gasteiger charge is 2.52. The summed E-state index contributed by atoms with van der Waals surface area (Å²) in [5.41, 5.74) is -0.916. The largest absolute Gasteiger partial charge is 0.481 e. The lowest BCUT2D eigenvalue weighted by Gasteiger charge is -2.43. The average molecular weight is 506 g/mol. The lowest BCUT2D eigenvalue weighted by atomic mass is 9.59. The fourth-order valence-electron chi connectivity index (χ4n) is 5.92. The van der Waals surface area contributed by atoms with E-state index in [-0.39, 0.29) is 36.2 Å². The highest BCUT2D eigenvalue weighted by Crippen LogP contribution is 2.51. The normalized spacial score (nSPS) is 17.4. The quantitative estimate of drug-likeness (QED) is 0.141. The number of ketones is 1.